The molecule has 0 amide bonds. The van der Waals surface area contributed by atoms with Gasteiger partial charge < -0.3 is 0 Å². The van der Waals surface area contributed by atoms with Crippen molar-refractivity contribution >= 4 is 43.8 Å². The van der Waals surface area contributed by atoms with E-state index >= 15 is 0 Å². The van der Waals surface area contributed by atoms with E-state index in [2.05, 4.69) is 0 Å². The summed E-state index contributed by atoms with van der Waals surface area (Å²) in [7, 11) is -8.97. The Morgan fingerprint density at radius 1 is 0.714 bits per heavy atom. The molecule has 0 spiro atoms. The van der Waals surface area contributed by atoms with E-state index in [1.165, 1.54) is 18.2 Å². The smallest absolute Gasteiger partial charge is 0.282 e. The normalized spacial score (nSPS) is 13.2. The van der Waals surface area contributed by atoms with Crippen molar-refractivity contribution in [3.63, 3.8) is 0 Å². The third-order valence-corrected chi connectivity index (χ3v) is 8.48. The molecule has 146 valence electrons. The third-order valence-electron chi connectivity index (χ3n) is 4.14. The van der Waals surface area contributed by atoms with Crippen molar-refractivity contribution in [1.29, 1.82) is 0 Å². The van der Waals surface area contributed by atoms with E-state index in [4.69, 9.17) is 0 Å². The fraction of sp³-hybridized carbons (Fsp3) is 0.100. The zero-order chi connectivity index (χ0) is 20.5. The van der Waals surface area contributed by atoms with Gasteiger partial charge in [0, 0.05) is 6.26 Å². The van der Waals surface area contributed by atoms with Crippen molar-refractivity contribution < 1.29 is 21.4 Å². The van der Waals surface area contributed by atoms with E-state index in [0.29, 0.717) is 5.30 Å². The zero-order valence-corrected chi connectivity index (χ0v) is 17.8. The van der Waals surface area contributed by atoms with E-state index in [1.54, 1.807) is 24.3 Å². The van der Waals surface area contributed by atoms with Crippen molar-refractivity contribution in [2.75, 3.05) is 6.26 Å². The standard InChI is InChI=1S/C20H19O5PS2/c1-15-6-3-7-16(12-15)26(17-8-4-10-19(13-17)27(2,21)22)18-9-5-11-20(14-18)28(23,24)25/h3-14H,1-2H3,(H,23,24,25). The van der Waals surface area contributed by atoms with Gasteiger partial charge in [0.15, 0.2) is 9.84 Å². The van der Waals surface area contributed by atoms with Gasteiger partial charge in [-0.2, -0.15) is 8.42 Å². The van der Waals surface area contributed by atoms with Crippen LogP contribution < -0.4 is 15.9 Å². The summed E-state index contributed by atoms with van der Waals surface area (Å²) in [4.78, 5) is 0.0144. The lowest BCUT2D eigenvalue weighted by atomic mass is 10.2. The first-order valence-electron chi connectivity index (χ1n) is 8.30. The average molecular weight is 434 g/mol. The predicted molar refractivity (Wildman–Crippen MR) is 113 cm³/mol. The van der Waals surface area contributed by atoms with Crippen LogP contribution in [0.25, 0.3) is 0 Å². The molecular weight excluding hydrogens is 415 g/mol. The van der Waals surface area contributed by atoms with Crippen LogP contribution >= 0.6 is 7.92 Å². The summed E-state index contributed by atoms with van der Waals surface area (Å²) in [5.41, 5.74) is 1.04. The molecular formula is C20H19O5PS2. The minimum atomic E-state index is -4.35. The molecule has 1 atom stereocenters. The predicted octanol–water partition coefficient (Wildman–Crippen LogP) is 2.40. The summed E-state index contributed by atoms with van der Waals surface area (Å²) in [6.07, 6.45) is 1.15. The first-order valence-corrected chi connectivity index (χ1v) is 13.0. The van der Waals surface area contributed by atoms with Crippen LogP contribution in [0.15, 0.2) is 82.6 Å². The highest BCUT2D eigenvalue weighted by Crippen LogP contribution is 2.34. The maximum atomic E-state index is 12.0. The molecule has 28 heavy (non-hydrogen) atoms. The molecule has 0 heterocycles. The quantitative estimate of drug-likeness (QED) is 0.492. The van der Waals surface area contributed by atoms with Crippen molar-refractivity contribution in [3.05, 3.63) is 78.4 Å². The summed E-state index contributed by atoms with van der Waals surface area (Å²) in [6.45, 7) is 1.96. The van der Waals surface area contributed by atoms with Gasteiger partial charge >= 0.3 is 0 Å². The van der Waals surface area contributed by atoms with Crippen molar-refractivity contribution in [2.45, 2.75) is 16.7 Å². The summed E-state index contributed by atoms with van der Waals surface area (Å²) >= 11 is 0. The Hall–Kier alpha value is -2.05. The molecule has 0 bridgehead atoms. The summed E-state index contributed by atoms with van der Waals surface area (Å²) in [6, 6.07) is 20.6. The van der Waals surface area contributed by atoms with E-state index < -0.39 is 27.9 Å². The average Bonchev–Trinajstić information content (AvgIpc) is 2.61. The molecule has 0 aliphatic carbocycles. The topological polar surface area (TPSA) is 88.5 Å². The van der Waals surface area contributed by atoms with E-state index in [-0.39, 0.29) is 9.79 Å². The molecule has 0 saturated heterocycles. The van der Waals surface area contributed by atoms with Gasteiger partial charge in [0.1, 0.15) is 0 Å². The maximum absolute atomic E-state index is 12.0. The Morgan fingerprint density at radius 2 is 1.18 bits per heavy atom. The Bertz CT molecular complexity index is 1160. The minimum absolute atomic E-state index is 0.190. The number of sulfone groups is 1. The monoisotopic (exact) mass is 434 g/mol. The molecule has 0 aliphatic rings. The number of hydrogen-bond donors (Lipinski definition) is 1. The molecule has 8 heteroatoms. The molecule has 3 aromatic rings. The van der Waals surface area contributed by atoms with E-state index in [0.717, 1.165) is 22.4 Å². The molecule has 1 N–H and O–H groups in total. The first kappa shape index (κ1) is 20.7. The van der Waals surface area contributed by atoms with Gasteiger partial charge in [-0.3, -0.25) is 4.55 Å². The van der Waals surface area contributed by atoms with Crippen LogP contribution in [-0.2, 0) is 20.0 Å². The Labute approximate surface area is 166 Å². The van der Waals surface area contributed by atoms with E-state index in [1.807, 2.05) is 37.3 Å². The van der Waals surface area contributed by atoms with Crippen molar-refractivity contribution in [2.24, 2.45) is 0 Å². The second kappa shape index (κ2) is 7.76. The van der Waals surface area contributed by atoms with Gasteiger partial charge in [-0.05, 0) is 55.0 Å². The van der Waals surface area contributed by atoms with Crippen LogP contribution in [0.4, 0.5) is 0 Å². The molecule has 0 saturated carbocycles. The van der Waals surface area contributed by atoms with Gasteiger partial charge in [-0.15, -0.1) is 0 Å². The second-order valence-corrected chi connectivity index (χ2v) is 12.1. The Balaban J connectivity index is 2.26. The van der Waals surface area contributed by atoms with Crippen LogP contribution in [0.1, 0.15) is 5.56 Å². The molecule has 0 radical (unpaired) electrons. The van der Waals surface area contributed by atoms with Gasteiger partial charge in [-0.25, -0.2) is 8.42 Å². The van der Waals surface area contributed by atoms with Crippen LogP contribution in [0, 0.1) is 6.92 Å². The highest BCUT2D eigenvalue weighted by molar-refractivity contribution is 7.90. The number of benzene rings is 3. The summed E-state index contributed by atoms with van der Waals surface area (Å²) in [5, 5.41) is 2.42. The Morgan fingerprint density at radius 3 is 1.68 bits per heavy atom. The lowest BCUT2D eigenvalue weighted by Gasteiger charge is -2.20. The van der Waals surface area contributed by atoms with Crippen LogP contribution in [0.2, 0.25) is 0 Å². The molecule has 5 nitrogen and oxygen atoms in total. The van der Waals surface area contributed by atoms with Crippen LogP contribution in [0.5, 0.6) is 0 Å². The van der Waals surface area contributed by atoms with Gasteiger partial charge in [-0.1, -0.05) is 54.1 Å². The summed E-state index contributed by atoms with van der Waals surface area (Å²) < 4.78 is 56.7. The molecule has 0 aliphatic heterocycles. The molecule has 1 unspecified atom stereocenters. The zero-order valence-electron chi connectivity index (χ0n) is 15.3. The fourth-order valence-corrected chi connectivity index (χ4v) is 6.69. The largest absolute Gasteiger partial charge is 0.294 e. The van der Waals surface area contributed by atoms with E-state index in [9.17, 15) is 21.4 Å². The molecule has 0 aromatic heterocycles. The van der Waals surface area contributed by atoms with Gasteiger partial charge in [0.2, 0.25) is 0 Å². The second-order valence-electron chi connectivity index (χ2n) is 6.42. The lowest BCUT2D eigenvalue weighted by Crippen LogP contribution is -2.22. The molecule has 3 aromatic carbocycles. The van der Waals surface area contributed by atoms with Crippen molar-refractivity contribution in [3.8, 4) is 0 Å². The van der Waals surface area contributed by atoms with Crippen LogP contribution in [0.3, 0.4) is 0 Å². The summed E-state index contributed by atoms with van der Waals surface area (Å²) in [5.74, 6) is 0. The minimum Gasteiger partial charge on any atom is -0.282 e. The van der Waals surface area contributed by atoms with Gasteiger partial charge in [0.05, 0.1) is 9.79 Å². The van der Waals surface area contributed by atoms with Gasteiger partial charge in [0.25, 0.3) is 10.1 Å². The molecule has 0 fully saturated rings. The molecule has 3 rings (SSSR count). The maximum Gasteiger partial charge on any atom is 0.294 e. The number of hydrogen-bond acceptors (Lipinski definition) is 4. The highest BCUT2D eigenvalue weighted by Gasteiger charge is 2.21. The highest BCUT2D eigenvalue weighted by atomic mass is 32.2. The number of aryl methyl sites for hydroxylation is 1. The SMILES string of the molecule is Cc1cccc(P(c2cccc(S(C)(=O)=O)c2)c2cccc(S(=O)(=O)O)c2)c1. The fourth-order valence-electron chi connectivity index (χ4n) is 2.85. The van der Waals surface area contributed by atoms with Crippen molar-refractivity contribution in [1.82, 2.24) is 0 Å². The Kier molecular flexibility index (Phi) is 5.73. The first-order chi connectivity index (χ1) is 13.1. The van der Waals surface area contributed by atoms with Crippen LogP contribution in [-0.4, -0.2) is 27.6 Å². The number of rotatable bonds is 5. The lowest BCUT2D eigenvalue weighted by molar-refractivity contribution is 0.483. The third kappa shape index (κ3) is 4.67.